The number of alkyl halides is 2. The number of ether oxygens (including phenoxy) is 2. The van der Waals surface area contributed by atoms with E-state index in [1.165, 1.54) is 13.2 Å². The van der Waals surface area contributed by atoms with E-state index in [4.69, 9.17) is 4.74 Å². The molecule has 0 heterocycles. The zero-order chi connectivity index (χ0) is 17.9. The molecule has 0 aromatic heterocycles. The van der Waals surface area contributed by atoms with Crippen LogP contribution in [0.25, 0.3) is 0 Å². The highest BCUT2D eigenvalue weighted by Gasteiger charge is 2.11. The van der Waals surface area contributed by atoms with Gasteiger partial charge in [0.25, 0.3) is 0 Å². The first-order valence-corrected chi connectivity index (χ1v) is 8.02. The topological polar surface area (TPSA) is 54.9 Å². The van der Waals surface area contributed by atoms with Crippen molar-refractivity contribution in [1.82, 2.24) is 10.6 Å². The average Bonchev–Trinajstić information content (AvgIpc) is 2.53. The number of hydrogen-bond acceptors (Lipinski definition) is 3. The zero-order valence-corrected chi connectivity index (χ0v) is 14.7. The van der Waals surface area contributed by atoms with Crippen molar-refractivity contribution in [3.63, 3.8) is 0 Å². The van der Waals surface area contributed by atoms with E-state index in [1.807, 2.05) is 0 Å². The highest BCUT2D eigenvalue weighted by Crippen LogP contribution is 2.29. The lowest BCUT2D eigenvalue weighted by Gasteiger charge is -2.14. The molecule has 0 atom stereocenters. The minimum atomic E-state index is -2.89. The Morgan fingerprint density at radius 2 is 1.96 bits per heavy atom. The van der Waals surface area contributed by atoms with Crippen molar-refractivity contribution in [2.75, 3.05) is 20.7 Å². The van der Waals surface area contributed by atoms with E-state index < -0.39 is 6.61 Å². The molecule has 0 aliphatic carbocycles. The largest absolute Gasteiger partial charge is 0.493 e. The van der Waals surface area contributed by atoms with Crippen LogP contribution in [0.15, 0.2) is 23.2 Å². The van der Waals surface area contributed by atoms with E-state index in [1.54, 1.807) is 19.2 Å². The van der Waals surface area contributed by atoms with Gasteiger partial charge in [0.1, 0.15) is 0 Å². The molecule has 1 aromatic rings. The van der Waals surface area contributed by atoms with E-state index in [2.05, 4.69) is 34.2 Å². The standard InChI is InChI=1S/C17H27F2N3O2/c1-12(2)6-5-9-21-17(20-3)22-11-13-7-8-14(23-4)15(10-13)24-16(18)19/h7-8,10,12,16H,5-6,9,11H2,1-4H3,(H2,20,21,22). The van der Waals surface area contributed by atoms with Gasteiger partial charge in [0.15, 0.2) is 17.5 Å². The molecule has 0 fully saturated rings. The van der Waals surface area contributed by atoms with Crippen LogP contribution in [0.4, 0.5) is 8.78 Å². The summed E-state index contributed by atoms with van der Waals surface area (Å²) in [6.07, 6.45) is 2.21. The number of nitrogens with zero attached hydrogens (tertiary/aromatic N) is 1. The summed E-state index contributed by atoms with van der Waals surface area (Å²) in [5.41, 5.74) is 0.789. The SMILES string of the molecule is CN=C(NCCCC(C)C)NCc1ccc(OC)c(OC(F)F)c1. The van der Waals surface area contributed by atoms with E-state index in [0.29, 0.717) is 18.4 Å². The molecule has 0 saturated heterocycles. The maximum absolute atomic E-state index is 12.4. The van der Waals surface area contributed by atoms with Crippen molar-refractivity contribution < 1.29 is 18.3 Å². The van der Waals surface area contributed by atoms with Crippen LogP contribution in [0.3, 0.4) is 0 Å². The van der Waals surface area contributed by atoms with Gasteiger partial charge in [-0.2, -0.15) is 8.78 Å². The molecule has 136 valence electrons. The summed E-state index contributed by atoms with van der Waals surface area (Å²) in [6.45, 7) is 2.76. The molecule has 0 bridgehead atoms. The second kappa shape index (κ2) is 10.7. The Morgan fingerprint density at radius 1 is 1.21 bits per heavy atom. The third-order valence-corrected chi connectivity index (χ3v) is 3.38. The van der Waals surface area contributed by atoms with Crippen molar-refractivity contribution >= 4 is 5.96 Å². The van der Waals surface area contributed by atoms with E-state index in [0.717, 1.165) is 24.9 Å². The maximum atomic E-state index is 12.4. The van der Waals surface area contributed by atoms with Gasteiger partial charge in [0, 0.05) is 20.1 Å². The van der Waals surface area contributed by atoms with Crippen LogP contribution in [0.1, 0.15) is 32.3 Å². The molecule has 0 unspecified atom stereocenters. The third-order valence-electron chi connectivity index (χ3n) is 3.38. The predicted molar refractivity (Wildman–Crippen MR) is 91.9 cm³/mol. The Hall–Kier alpha value is -2.05. The van der Waals surface area contributed by atoms with Crippen molar-refractivity contribution in [3.8, 4) is 11.5 Å². The summed E-state index contributed by atoms with van der Waals surface area (Å²) >= 11 is 0. The number of hydrogen-bond donors (Lipinski definition) is 2. The first-order valence-electron chi connectivity index (χ1n) is 8.02. The fourth-order valence-electron chi connectivity index (χ4n) is 2.14. The van der Waals surface area contributed by atoms with Gasteiger partial charge in [-0.1, -0.05) is 19.9 Å². The normalized spacial score (nSPS) is 11.8. The second-order valence-corrected chi connectivity index (χ2v) is 5.75. The molecule has 1 aromatic carbocycles. The van der Waals surface area contributed by atoms with Gasteiger partial charge >= 0.3 is 6.61 Å². The van der Waals surface area contributed by atoms with Gasteiger partial charge < -0.3 is 20.1 Å². The first kappa shape index (κ1) is 20.0. The number of aliphatic imine (C=N–C) groups is 1. The molecular formula is C17H27F2N3O2. The molecule has 24 heavy (non-hydrogen) atoms. The summed E-state index contributed by atoms with van der Waals surface area (Å²) in [6, 6.07) is 4.92. The molecule has 0 saturated carbocycles. The Balaban J connectivity index is 2.55. The van der Waals surface area contributed by atoms with Crippen molar-refractivity contribution in [2.45, 2.75) is 39.8 Å². The van der Waals surface area contributed by atoms with E-state index in [-0.39, 0.29) is 11.5 Å². The molecule has 7 heteroatoms. The van der Waals surface area contributed by atoms with Gasteiger partial charge in [-0.3, -0.25) is 4.99 Å². The van der Waals surface area contributed by atoms with Crippen LogP contribution in [0.5, 0.6) is 11.5 Å². The molecule has 0 aliphatic rings. The van der Waals surface area contributed by atoms with Gasteiger partial charge in [0.2, 0.25) is 0 Å². The van der Waals surface area contributed by atoms with Crippen LogP contribution in [0, 0.1) is 5.92 Å². The Labute approximate surface area is 142 Å². The van der Waals surface area contributed by atoms with Gasteiger partial charge in [-0.05, 0) is 36.5 Å². The molecule has 0 aliphatic heterocycles. The van der Waals surface area contributed by atoms with Gasteiger partial charge in [-0.25, -0.2) is 0 Å². The highest BCUT2D eigenvalue weighted by molar-refractivity contribution is 5.79. The smallest absolute Gasteiger partial charge is 0.387 e. The summed E-state index contributed by atoms with van der Waals surface area (Å²) < 4.78 is 34.4. The van der Waals surface area contributed by atoms with Crippen molar-refractivity contribution in [2.24, 2.45) is 10.9 Å². The first-order chi connectivity index (χ1) is 11.5. The van der Waals surface area contributed by atoms with Crippen molar-refractivity contribution in [1.29, 1.82) is 0 Å². The summed E-state index contributed by atoms with van der Waals surface area (Å²) in [7, 11) is 3.10. The van der Waals surface area contributed by atoms with Crippen LogP contribution < -0.4 is 20.1 Å². The number of rotatable bonds is 9. The van der Waals surface area contributed by atoms with E-state index in [9.17, 15) is 8.78 Å². The monoisotopic (exact) mass is 343 g/mol. The lowest BCUT2D eigenvalue weighted by Crippen LogP contribution is -2.37. The molecule has 0 amide bonds. The fraction of sp³-hybridized carbons (Fsp3) is 0.588. The minimum Gasteiger partial charge on any atom is -0.493 e. The van der Waals surface area contributed by atoms with Crippen LogP contribution in [-0.2, 0) is 6.54 Å². The Kier molecular flexibility index (Phi) is 8.89. The van der Waals surface area contributed by atoms with Crippen molar-refractivity contribution in [3.05, 3.63) is 23.8 Å². The average molecular weight is 343 g/mol. The maximum Gasteiger partial charge on any atom is 0.387 e. The zero-order valence-electron chi connectivity index (χ0n) is 14.7. The van der Waals surface area contributed by atoms with E-state index >= 15 is 0 Å². The van der Waals surface area contributed by atoms with Gasteiger partial charge in [-0.15, -0.1) is 0 Å². The summed E-state index contributed by atoms with van der Waals surface area (Å²) in [5, 5.41) is 6.37. The predicted octanol–water partition coefficient (Wildman–Crippen LogP) is 3.40. The number of methoxy groups -OCH3 is 1. The quantitative estimate of drug-likeness (QED) is 0.410. The summed E-state index contributed by atoms with van der Waals surface area (Å²) in [5.74, 6) is 1.64. The molecular weight excluding hydrogens is 316 g/mol. The molecule has 5 nitrogen and oxygen atoms in total. The molecule has 0 radical (unpaired) electrons. The fourth-order valence-corrected chi connectivity index (χ4v) is 2.14. The number of benzene rings is 1. The highest BCUT2D eigenvalue weighted by atomic mass is 19.3. The lowest BCUT2D eigenvalue weighted by atomic mass is 10.1. The molecule has 2 N–H and O–H groups in total. The number of guanidine groups is 1. The number of nitrogens with one attached hydrogen (secondary N) is 2. The van der Waals surface area contributed by atoms with Crippen LogP contribution in [-0.4, -0.2) is 33.3 Å². The summed E-state index contributed by atoms with van der Waals surface area (Å²) in [4.78, 5) is 4.14. The molecule has 0 spiro atoms. The second-order valence-electron chi connectivity index (χ2n) is 5.75. The van der Waals surface area contributed by atoms with Gasteiger partial charge in [0.05, 0.1) is 7.11 Å². The third kappa shape index (κ3) is 7.48. The molecule has 1 rings (SSSR count). The van der Waals surface area contributed by atoms with Crippen LogP contribution >= 0.6 is 0 Å². The minimum absolute atomic E-state index is 0.0201. The Morgan fingerprint density at radius 3 is 2.54 bits per heavy atom. The lowest BCUT2D eigenvalue weighted by molar-refractivity contribution is -0.0512. The van der Waals surface area contributed by atoms with Crippen LogP contribution in [0.2, 0.25) is 0 Å². The Bertz CT molecular complexity index is 523. The number of halogens is 2.